The summed E-state index contributed by atoms with van der Waals surface area (Å²) in [5.74, 6) is -0.206. The summed E-state index contributed by atoms with van der Waals surface area (Å²) in [6.45, 7) is 4.59. The van der Waals surface area contributed by atoms with Crippen LogP contribution in [0.3, 0.4) is 0 Å². The monoisotopic (exact) mass is 991 g/mol. The molecule has 0 aliphatic rings. The minimum atomic E-state index is -4.59. The van der Waals surface area contributed by atoms with E-state index >= 15 is 0 Å². The quantitative estimate of drug-likeness (QED) is 0.0272. The van der Waals surface area contributed by atoms with E-state index in [1.807, 2.05) is 27.2 Å². The van der Waals surface area contributed by atoms with E-state index in [1.54, 1.807) is 6.08 Å². The number of aliphatic hydroxyl groups excluding tert-OH is 1. The highest BCUT2D eigenvalue weighted by molar-refractivity contribution is 7.45. The zero-order valence-corrected chi connectivity index (χ0v) is 47.2. The van der Waals surface area contributed by atoms with Crippen molar-refractivity contribution >= 4 is 13.7 Å². The average Bonchev–Trinajstić information content (AvgIpc) is 3.31. The summed E-state index contributed by atoms with van der Waals surface area (Å²) < 4.78 is 23.2. The summed E-state index contributed by atoms with van der Waals surface area (Å²) >= 11 is 0. The Morgan fingerprint density at radius 2 is 0.855 bits per heavy atom. The van der Waals surface area contributed by atoms with Crippen molar-refractivity contribution in [3.63, 3.8) is 0 Å². The molecule has 0 aliphatic heterocycles. The van der Waals surface area contributed by atoms with Crippen molar-refractivity contribution in [1.29, 1.82) is 0 Å². The Morgan fingerprint density at radius 3 is 1.28 bits per heavy atom. The molecule has 0 bridgehead atoms. The number of hydrogen-bond donors (Lipinski definition) is 2. The Labute approximate surface area is 429 Å². The summed E-state index contributed by atoms with van der Waals surface area (Å²) in [5.41, 5.74) is 0. The van der Waals surface area contributed by atoms with E-state index in [4.69, 9.17) is 9.05 Å². The van der Waals surface area contributed by atoms with Gasteiger partial charge in [-0.1, -0.05) is 255 Å². The molecule has 0 spiro atoms. The number of unbranched alkanes of at least 4 members (excludes halogenated alkanes) is 35. The van der Waals surface area contributed by atoms with Crippen molar-refractivity contribution in [2.45, 2.75) is 289 Å². The van der Waals surface area contributed by atoms with Crippen molar-refractivity contribution in [3.8, 4) is 0 Å². The van der Waals surface area contributed by atoms with E-state index in [2.05, 4.69) is 55.6 Å². The number of phosphoric ester groups is 1. The molecule has 0 saturated carbocycles. The molecule has 0 aromatic heterocycles. The van der Waals surface area contributed by atoms with Gasteiger partial charge in [-0.2, -0.15) is 0 Å². The third kappa shape index (κ3) is 54.1. The zero-order chi connectivity index (χ0) is 50.6. The number of rotatable bonds is 54. The van der Waals surface area contributed by atoms with E-state index in [0.29, 0.717) is 17.4 Å². The van der Waals surface area contributed by atoms with Crippen LogP contribution in [0.1, 0.15) is 277 Å². The first-order valence-electron chi connectivity index (χ1n) is 29.5. The zero-order valence-electron chi connectivity index (χ0n) is 46.3. The molecule has 2 N–H and O–H groups in total. The van der Waals surface area contributed by atoms with E-state index in [-0.39, 0.29) is 12.5 Å². The van der Waals surface area contributed by atoms with Crippen LogP contribution in [0, 0.1) is 0 Å². The highest BCUT2D eigenvalue weighted by atomic mass is 31.2. The maximum Gasteiger partial charge on any atom is 0.268 e. The van der Waals surface area contributed by atoms with Gasteiger partial charge >= 0.3 is 0 Å². The van der Waals surface area contributed by atoms with Crippen LogP contribution in [0.25, 0.3) is 0 Å². The molecule has 0 fully saturated rings. The standard InChI is InChI=1S/C60H115N2O6P/c1-6-8-10-12-14-16-18-19-20-21-22-23-24-25-26-27-28-29-30-31-32-33-34-35-36-37-38-39-40-41-42-43-44-46-48-50-52-54-60(64)61-58(57-68-69(65,66)67-56-55-62(3,4)5)59(63)53-51-49-47-45-17-15-13-11-9-7-2/h17-19,21-22,45,51,53,58-59,63H,6-16,20,23-44,46-50,52,54-57H2,1-5H3,(H-,61,64,65,66)/b19-18-,22-21-,45-17+,53-51+. The number of quaternary nitrogens is 1. The number of amides is 1. The summed E-state index contributed by atoms with van der Waals surface area (Å²) in [6.07, 6.45) is 68.1. The number of phosphoric acid groups is 1. The van der Waals surface area contributed by atoms with Gasteiger partial charge in [0.15, 0.2) is 0 Å². The van der Waals surface area contributed by atoms with Gasteiger partial charge in [-0.25, -0.2) is 0 Å². The fraction of sp³-hybridized carbons (Fsp3) is 0.850. The normalized spacial score (nSPS) is 14.2. The Bertz CT molecular complexity index is 1260. The van der Waals surface area contributed by atoms with Gasteiger partial charge in [-0.15, -0.1) is 0 Å². The van der Waals surface area contributed by atoms with Crippen LogP contribution >= 0.6 is 7.82 Å². The van der Waals surface area contributed by atoms with Crippen LogP contribution in [0.5, 0.6) is 0 Å². The fourth-order valence-electron chi connectivity index (χ4n) is 8.61. The Kier molecular flexibility index (Phi) is 50.2. The third-order valence-electron chi connectivity index (χ3n) is 13.3. The molecule has 0 aliphatic carbocycles. The molecular weight excluding hydrogens is 876 g/mol. The lowest BCUT2D eigenvalue weighted by atomic mass is 10.0. The number of nitrogens with zero attached hydrogens (tertiary/aromatic N) is 1. The molecule has 0 rings (SSSR count). The molecule has 3 unspecified atom stereocenters. The molecule has 0 aromatic carbocycles. The van der Waals surface area contributed by atoms with Crippen LogP contribution in [-0.4, -0.2) is 68.5 Å². The smallest absolute Gasteiger partial charge is 0.268 e. The first kappa shape index (κ1) is 67.5. The van der Waals surface area contributed by atoms with Gasteiger partial charge in [-0.3, -0.25) is 9.36 Å². The number of likely N-dealkylation sites (N-methyl/N-ethyl adjacent to an activating group) is 1. The highest BCUT2D eigenvalue weighted by Crippen LogP contribution is 2.38. The van der Waals surface area contributed by atoms with Crippen LogP contribution in [-0.2, 0) is 18.4 Å². The van der Waals surface area contributed by atoms with Crippen molar-refractivity contribution in [1.82, 2.24) is 5.32 Å². The van der Waals surface area contributed by atoms with Crippen molar-refractivity contribution in [2.75, 3.05) is 40.9 Å². The maximum atomic E-state index is 12.9. The molecule has 406 valence electrons. The van der Waals surface area contributed by atoms with E-state index in [1.165, 1.54) is 212 Å². The Hall–Kier alpha value is -1.54. The lowest BCUT2D eigenvalue weighted by Crippen LogP contribution is -2.45. The highest BCUT2D eigenvalue weighted by Gasteiger charge is 2.23. The van der Waals surface area contributed by atoms with E-state index in [9.17, 15) is 19.4 Å². The molecule has 1 amide bonds. The number of carbonyl (C=O) groups is 1. The van der Waals surface area contributed by atoms with Crippen LogP contribution < -0.4 is 10.2 Å². The molecule has 3 atom stereocenters. The van der Waals surface area contributed by atoms with Crippen LogP contribution in [0.15, 0.2) is 48.6 Å². The van der Waals surface area contributed by atoms with Crippen LogP contribution in [0.2, 0.25) is 0 Å². The number of nitrogens with one attached hydrogen (secondary N) is 1. The Morgan fingerprint density at radius 1 is 0.507 bits per heavy atom. The molecule has 0 heterocycles. The molecule has 0 aromatic rings. The minimum absolute atomic E-state index is 0.00570. The molecule has 0 saturated heterocycles. The SMILES string of the molecule is CCCCCC/C=C/CC/C=C/C(O)C(COP(=O)([O-])OCC[N+](C)(C)C)NC(=O)CCCCCCCCCCCCCCCCCCCCCCCCCCC/C=C\C/C=C\CCCCCCC. The first-order chi connectivity index (χ1) is 33.5. The molecule has 0 radical (unpaired) electrons. The molecular formula is C60H115N2O6P. The molecule has 69 heavy (non-hydrogen) atoms. The van der Waals surface area contributed by atoms with Gasteiger partial charge in [0.05, 0.1) is 39.9 Å². The number of aliphatic hydroxyl groups is 1. The van der Waals surface area contributed by atoms with Gasteiger partial charge in [0.2, 0.25) is 5.91 Å². The minimum Gasteiger partial charge on any atom is -0.756 e. The largest absolute Gasteiger partial charge is 0.756 e. The summed E-state index contributed by atoms with van der Waals surface area (Å²) in [4.78, 5) is 25.4. The number of allylic oxidation sites excluding steroid dienone is 7. The summed E-state index contributed by atoms with van der Waals surface area (Å²) in [7, 11) is 1.25. The third-order valence-corrected chi connectivity index (χ3v) is 14.2. The Balaban J connectivity index is 3.86. The predicted molar refractivity (Wildman–Crippen MR) is 298 cm³/mol. The van der Waals surface area contributed by atoms with Gasteiger partial charge in [0.25, 0.3) is 7.82 Å². The topological polar surface area (TPSA) is 108 Å². The van der Waals surface area contributed by atoms with Gasteiger partial charge in [0, 0.05) is 6.42 Å². The second-order valence-corrected chi connectivity index (χ2v) is 22.8. The molecule has 9 heteroatoms. The first-order valence-corrected chi connectivity index (χ1v) is 31.0. The maximum absolute atomic E-state index is 12.9. The second-order valence-electron chi connectivity index (χ2n) is 21.3. The molecule has 8 nitrogen and oxygen atoms in total. The van der Waals surface area contributed by atoms with Gasteiger partial charge < -0.3 is 28.8 Å². The van der Waals surface area contributed by atoms with E-state index in [0.717, 1.165) is 44.9 Å². The average molecular weight is 992 g/mol. The van der Waals surface area contributed by atoms with Crippen molar-refractivity contribution < 1.29 is 32.9 Å². The van der Waals surface area contributed by atoms with Gasteiger partial charge in [-0.05, 0) is 64.2 Å². The second kappa shape index (κ2) is 51.4. The lowest BCUT2D eigenvalue weighted by Gasteiger charge is -2.29. The van der Waals surface area contributed by atoms with E-state index < -0.39 is 26.6 Å². The van der Waals surface area contributed by atoms with Crippen LogP contribution in [0.4, 0.5) is 0 Å². The van der Waals surface area contributed by atoms with Crippen molar-refractivity contribution in [3.05, 3.63) is 48.6 Å². The number of carbonyl (C=O) groups excluding carboxylic acids is 1. The summed E-state index contributed by atoms with van der Waals surface area (Å²) in [6, 6.07) is -0.900. The fourth-order valence-corrected chi connectivity index (χ4v) is 9.34. The van der Waals surface area contributed by atoms with Gasteiger partial charge in [0.1, 0.15) is 13.2 Å². The predicted octanol–water partition coefficient (Wildman–Crippen LogP) is 17.3. The number of hydrogen-bond acceptors (Lipinski definition) is 6. The lowest BCUT2D eigenvalue weighted by molar-refractivity contribution is -0.870. The summed E-state index contributed by atoms with van der Waals surface area (Å²) in [5, 5.41) is 13.8. The van der Waals surface area contributed by atoms with Crippen molar-refractivity contribution in [2.24, 2.45) is 0 Å².